The summed E-state index contributed by atoms with van der Waals surface area (Å²) in [4.78, 5) is 0. The third kappa shape index (κ3) is 5.17. The molecule has 0 saturated carbocycles. The van der Waals surface area contributed by atoms with Crippen LogP contribution in [0, 0.1) is 5.92 Å². The van der Waals surface area contributed by atoms with Crippen LogP contribution in [-0.2, 0) is 9.84 Å². The Kier molecular flexibility index (Phi) is 3.99. The maximum atomic E-state index is 10.8. The van der Waals surface area contributed by atoms with Crippen molar-refractivity contribution in [2.45, 2.75) is 19.9 Å². The number of sulfone groups is 1. The first kappa shape index (κ1) is 10.9. The molecule has 0 bridgehead atoms. The van der Waals surface area contributed by atoms with Crippen LogP contribution >= 0.6 is 0 Å². The molecule has 11 heavy (non-hydrogen) atoms. The number of hydrogen-bond donors (Lipinski definition) is 2. The average Bonchev–Trinajstić information content (AvgIpc) is 1.80. The lowest BCUT2D eigenvalue weighted by atomic mass is 10.1. The molecule has 0 aliphatic rings. The second kappa shape index (κ2) is 4.04. The van der Waals surface area contributed by atoms with Crippen LogP contribution in [-0.4, -0.2) is 26.5 Å². The lowest BCUT2D eigenvalue weighted by molar-refractivity contribution is 0.435. The van der Waals surface area contributed by atoms with Gasteiger partial charge in [0, 0.05) is 12.3 Å². The van der Waals surface area contributed by atoms with Gasteiger partial charge in [-0.1, -0.05) is 13.8 Å². The first-order valence-corrected chi connectivity index (χ1v) is 5.56. The Hall–Kier alpha value is -0.130. The number of rotatable bonds is 4. The van der Waals surface area contributed by atoms with Crippen molar-refractivity contribution in [1.82, 2.24) is 5.43 Å². The first-order valence-electron chi connectivity index (χ1n) is 3.50. The molecular weight excluding hydrogens is 164 g/mol. The molecular formula is C6H16N2O2S. The summed E-state index contributed by atoms with van der Waals surface area (Å²) in [5.74, 6) is 5.50. The molecule has 3 N–H and O–H groups in total. The summed E-state index contributed by atoms with van der Waals surface area (Å²) < 4.78 is 21.6. The van der Waals surface area contributed by atoms with E-state index >= 15 is 0 Å². The molecule has 0 aromatic carbocycles. The normalized spacial score (nSPS) is 15.4. The van der Waals surface area contributed by atoms with Crippen molar-refractivity contribution in [3.8, 4) is 0 Å². The smallest absolute Gasteiger partial charge is 0.149 e. The summed E-state index contributed by atoms with van der Waals surface area (Å²) in [5, 5.41) is 0. The van der Waals surface area contributed by atoms with Crippen LogP contribution in [0.25, 0.3) is 0 Å². The quantitative estimate of drug-likeness (QED) is 0.453. The van der Waals surface area contributed by atoms with Crippen LogP contribution in [0.1, 0.15) is 13.8 Å². The molecule has 0 aromatic heterocycles. The highest BCUT2D eigenvalue weighted by atomic mass is 32.2. The van der Waals surface area contributed by atoms with Gasteiger partial charge >= 0.3 is 0 Å². The van der Waals surface area contributed by atoms with E-state index in [1.165, 1.54) is 6.26 Å². The molecule has 5 heteroatoms. The lowest BCUT2D eigenvalue weighted by Gasteiger charge is -2.17. The van der Waals surface area contributed by atoms with Gasteiger partial charge < -0.3 is 0 Å². The van der Waals surface area contributed by atoms with E-state index in [9.17, 15) is 8.42 Å². The second-order valence-corrected chi connectivity index (χ2v) is 5.29. The topological polar surface area (TPSA) is 72.2 Å². The van der Waals surface area contributed by atoms with Crippen LogP contribution in [0.3, 0.4) is 0 Å². The summed E-state index contributed by atoms with van der Waals surface area (Å²) in [6.07, 6.45) is 1.21. The van der Waals surface area contributed by atoms with E-state index in [2.05, 4.69) is 5.43 Å². The van der Waals surface area contributed by atoms with Crippen molar-refractivity contribution in [3.05, 3.63) is 0 Å². The van der Waals surface area contributed by atoms with Crippen LogP contribution in [0.2, 0.25) is 0 Å². The Morgan fingerprint density at radius 1 is 1.45 bits per heavy atom. The molecule has 4 nitrogen and oxygen atoms in total. The molecule has 0 aromatic rings. The van der Waals surface area contributed by atoms with Gasteiger partial charge in [0.25, 0.3) is 0 Å². The Labute approximate surface area is 68.0 Å². The molecule has 0 aliphatic heterocycles. The third-order valence-electron chi connectivity index (χ3n) is 1.50. The zero-order valence-electron chi connectivity index (χ0n) is 7.16. The molecule has 0 amide bonds. The molecule has 0 saturated heterocycles. The number of nitrogens with one attached hydrogen (secondary N) is 1. The number of hydrogen-bond acceptors (Lipinski definition) is 4. The van der Waals surface area contributed by atoms with Crippen molar-refractivity contribution in [2.24, 2.45) is 11.8 Å². The number of nitrogens with two attached hydrogens (primary N) is 1. The van der Waals surface area contributed by atoms with E-state index in [4.69, 9.17) is 5.84 Å². The van der Waals surface area contributed by atoms with Gasteiger partial charge in [0.1, 0.15) is 9.84 Å². The molecule has 0 fully saturated rings. The van der Waals surface area contributed by atoms with E-state index in [0.717, 1.165) is 0 Å². The summed E-state index contributed by atoms with van der Waals surface area (Å²) in [6, 6.07) is -0.148. The molecule has 1 unspecified atom stereocenters. The summed E-state index contributed by atoms with van der Waals surface area (Å²) >= 11 is 0. The third-order valence-corrected chi connectivity index (χ3v) is 2.47. The van der Waals surface area contributed by atoms with Crippen molar-refractivity contribution >= 4 is 9.84 Å². The zero-order valence-corrected chi connectivity index (χ0v) is 7.98. The molecule has 0 aliphatic carbocycles. The predicted molar refractivity (Wildman–Crippen MR) is 45.7 cm³/mol. The Morgan fingerprint density at radius 3 is 2.00 bits per heavy atom. The Morgan fingerprint density at radius 2 is 1.91 bits per heavy atom. The largest absolute Gasteiger partial charge is 0.271 e. The van der Waals surface area contributed by atoms with Crippen LogP contribution < -0.4 is 11.3 Å². The van der Waals surface area contributed by atoms with Crippen molar-refractivity contribution in [2.75, 3.05) is 12.0 Å². The number of hydrazine groups is 1. The van der Waals surface area contributed by atoms with Gasteiger partial charge in [0.15, 0.2) is 0 Å². The highest BCUT2D eigenvalue weighted by Crippen LogP contribution is 2.02. The van der Waals surface area contributed by atoms with E-state index in [1.807, 2.05) is 13.8 Å². The van der Waals surface area contributed by atoms with Gasteiger partial charge in [-0.15, -0.1) is 0 Å². The van der Waals surface area contributed by atoms with Gasteiger partial charge in [0.05, 0.1) is 5.75 Å². The van der Waals surface area contributed by atoms with Crippen molar-refractivity contribution in [1.29, 1.82) is 0 Å². The van der Waals surface area contributed by atoms with Gasteiger partial charge in [-0.25, -0.2) is 8.42 Å². The molecule has 0 spiro atoms. The second-order valence-electron chi connectivity index (χ2n) is 3.11. The van der Waals surface area contributed by atoms with Crippen LogP contribution in [0.15, 0.2) is 0 Å². The lowest BCUT2D eigenvalue weighted by Crippen LogP contribution is -2.43. The molecule has 1 atom stereocenters. The molecule has 0 radical (unpaired) electrons. The minimum Gasteiger partial charge on any atom is -0.271 e. The van der Waals surface area contributed by atoms with Gasteiger partial charge in [-0.05, 0) is 5.92 Å². The minimum absolute atomic E-state index is 0.0984. The maximum Gasteiger partial charge on any atom is 0.149 e. The average molecular weight is 180 g/mol. The summed E-state index contributed by atoms with van der Waals surface area (Å²) in [5.41, 5.74) is 2.48. The fraction of sp³-hybridized carbons (Fsp3) is 1.00. The van der Waals surface area contributed by atoms with E-state index in [0.29, 0.717) is 0 Å². The molecule has 0 rings (SSSR count). The maximum absolute atomic E-state index is 10.8. The van der Waals surface area contributed by atoms with E-state index in [-0.39, 0.29) is 17.7 Å². The fourth-order valence-corrected chi connectivity index (χ4v) is 1.89. The van der Waals surface area contributed by atoms with Crippen molar-refractivity contribution in [3.63, 3.8) is 0 Å². The van der Waals surface area contributed by atoms with E-state index < -0.39 is 9.84 Å². The Balaban J connectivity index is 4.10. The van der Waals surface area contributed by atoms with Gasteiger partial charge in [-0.2, -0.15) is 0 Å². The van der Waals surface area contributed by atoms with Gasteiger partial charge in [0.2, 0.25) is 0 Å². The van der Waals surface area contributed by atoms with Gasteiger partial charge in [-0.3, -0.25) is 11.3 Å². The SMILES string of the molecule is CC(C)C(CS(C)(=O)=O)NN. The van der Waals surface area contributed by atoms with Crippen LogP contribution in [0.4, 0.5) is 0 Å². The Bertz CT molecular complexity index is 199. The van der Waals surface area contributed by atoms with E-state index in [1.54, 1.807) is 0 Å². The highest BCUT2D eigenvalue weighted by Gasteiger charge is 2.16. The van der Waals surface area contributed by atoms with Crippen LogP contribution in [0.5, 0.6) is 0 Å². The fourth-order valence-electron chi connectivity index (χ4n) is 0.759. The standard InChI is InChI=1S/C6H16N2O2S/c1-5(2)6(8-7)4-11(3,9)10/h5-6,8H,4,7H2,1-3H3. The summed E-state index contributed by atoms with van der Waals surface area (Å²) in [7, 11) is -2.92. The highest BCUT2D eigenvalue weighted by molar-refractivity contribution is 7.90. The molecule has 0 heterocycles. The predicted octanol–water partition coefficient (Wildman–Crippen LogP) is -0.481. The summed E-state index contributed by atoms with van der Waals surface area (Å²) in [6.45, 7) is 3.85. The van der Waals surface area contributed by atoms with Crippen molar-refractivity contribution < 1.29 is 8.42 Å². The zero-order chi connectivity index (χ0) is 9.07. The first-order chi connectivity index (χ1) is 4.87. The minimum atomic E-state index is -2.92. The molecule has 68 valence electrons. The monoisotopic (exact) mass is 180 g/mol.